The number of nitrogens with zero attached hydrogens (tertiary/aromatic N) is 7. The largest absolute Gasteiger partial charge is 0.352 e. The summed E-state index contributed by atoms with van der Waals surface area (Å²) in [5.41, 5.74) is 2.07. The van der Waals surface area contributed by atoms with Gasteiger partial charge in [0.1, 0.15) is 5.52 Å². The molecule has 1 aliphatic rings. The van der Waals surface area contributed by atoms with Crippen molar-refractivity contribution in [1.82, 2.24) is 24.8 Å². The number of hydrogen-bond acceptors (Lipinski definition) is 6. The van der Waals surface area contributed by atoms with Gasteiger partial charge in [-0.3, -0.25) is 0 Å². The lowest BCUT2D eigenvalue weighted by Gasteiger charge is -2.35. The van der Waals surface area contributed by atoms with Gasteiger partial charge in [0.15, 0.2) is 11.6 Å². The zero-order valence-corrected chi connectivity index (χ0v) is 12.4. The first-order chi connectivity index (χ1) is 10.8. The zero-order valence-electron chi connectivity index (χ0n) is 12.4. The van der Waals surface area contributed by atoms with E-state index in [0.29, 0.717) is 0 Å². The van der Waals surface area contributed by atoms with Gasteiger partial charge in [0.25, 0.3) is 0 Å². The number of rotatable bonds is 2. The fourth-order valence-electron chi connectivity index (χ4n) is 2.88. The van der Waals surface area contributed by atoms with Gasteiger partial charge >= 0.3 is 0 Å². The molecule has 0 aromatic carbocycles. The third kappa shape index (κ3) is 2.24. The van der Waals surface area contributed by atoms with Crippen LogP contribution >= 0.6 is 0 Å². The summed E-state index contributed by atoms with van der Waals surface area (Å²) in [5.74, 6) is 1.94. The van der Waals surface area contributed by atoms with Gasteiger partial charge in [0, 0.05) is 44.8 Å². The second-order valence-electron chi connectivity index (χ2n) is 5.42. The highest BCUT2D eigenvalue weighted by molar-refractivity contribution is 5.69. The fourth-order valence-corrected chi connectivity index (χ4v) is 2.88. The molecule has 3 aromatic rings. The minimum absolute atomic E-state index is 0.910. The van der Waals surface area contributed by atoms with Crippen LogP contribution in [0.15, 0.2) is 36.8 Å². The molecule has 0 atom stereocenters. The highest BCUT2D eigenvalue weighted by atomic mass is 15.3. The summed E-state index contributed by atoms with van der Waals surface area (Å²) < 4.78 is 1.90. The van der Waals surface area contributed by atoms with Crippen molar-refractivity contribution in [3.05, 3.63) is 42.5 Å². The molecule has 1 saturated heterocycles. The van der Waals surface area contributed by atoms with Gasteiger partial charge < -0.3 is 9.80 Å². The number of aryl methyl sites for hydroxylation is 1. The maximum atomic E-state index is 4.56. The molecule has 0 amide bonds. The van der Waals surface area contributed by atoms with E-state index >= 15 is 0 Å². The van der Waals surface area contributed by atoms with Gasteiger partial charge in [-0.25, -0.2) is 9.50 Å². The average molecular weight is 295 g/mol. The minimum atomic E-state index is 0.910. The van der Waals surface area contributed by atoms with Gasteiger partial charge in [-0.2, -0.15) is 10.2 Å². The minimum Gasteiger partial charge on any atom is -0.352 e. The Morgan fingerprint density at radius 1 is 1.05 bits per heavy atom. The number of fused-ring (bicyclic) bond motifs is 1. The quantitative estimate of drug-likeness (QED) is 0.707. The predicted molar refractivity (Wildman–Crippen MR) is 84.2 cm³/mol. The summed E-state index contributed by atoms with van der Waals surface area (Å²) in [7, 11) is 0. The number of aromatic nitrogens is 5. The van der Waals surface area contributed by atoms with Crippen LogP contribution in [0.5, 0.6) is 0 Å². The number of anilines is 2. The summed E-state index contributed by atoms with van der Waals surface area (Å²) in [6.45, 7) is 5.65. The smallest absolute Gasteiger partial charge is 0.154 e. The Morgan fingerprint density at radius 3 is 2.64 bits per heavy atom. The van der Waals surface area contributed by atoms with Crippen molar-refractivity contribution < 1.29 is 0 Å². The Bertz CT molecular complexity index is 775. The molecule has 0 spiro atoms. The zero-order chi connectivity index (χ0) is 14.9. The van der Waals surface area contributed by atoms with E-state index in [-0.39, 0.29) is 0 Å². The Hall–Kier alpha value is -2.70. The van der Waals surface area contributed by atoms with Crippen molar-refractivity contribution in [2.24, 2.45) is 0 Å². The SMILES string of the molecule is Cc1cc2c(N3CCN(c4cccnn4)CC3)nccn2n1. The highest BCUT2D eigenvalue weighted by Crippen LogP contribution is 2.22. The molecule has 22 heavy (non-hydrogen) atoms. The van der Waals surface area contributed by atoms with Gasteiger partial charge in [0.05, 0.1) is 5.69 Å². The Labute approximate surface area is 128 Å². The summed E-state index contributed by atoms with van der Waals surface area (Å²) in [4.78, 5) is 9.12. The van der Waals surface area contributed by atoms with Crippen molar-refractivity contribution in [2.75, 3.05) is 36.0 Å². The van der Waals surface area contributed by atoms with Crippen LogP contribution in [0, 0.1) is 6.92 Å². The monoisotopic (exact) mass is 295 g/mol. The lowest BCUT2D eigenvalue weighted by atomic mass is 10.3. The maximum absolute atomic E-state index is 4.56. The molecule has 0 N–H and O–H groups in total. The van der Waals surface area contributed by atoms with Crippen molar-refractivity contribution in [3.8, 4) is 0 Å². The molecule has 0 saturated carbocycles. The van der Waals surface area contributed by atoms with E-state index in [0.717, 1.165) is 49.0 Å². The molecule has 3 aromatic heterocycles. The molecule has 1 aliphatic heterocycles. The van der Waals surface area contributed by atoms with E-state index in [1.807, 2.05) is 36.0 Å². The first-order valence-electron chi connectivity index (χ1n) is 7.40. The van der Waals surface area contributed by atoms with Crippen LogP contribution in [-0.4, -0.2) is 51.0 Å². The molecule has 1 fully saturated rings. The van der Waals surface area contributed by atoms with E-state index in [1.54, 1.807) is 6.20 Å². The van der Waals surface area contributed by atoms with E-state index in [4.69, 9.17) is 0 Å². The summed E-state index contributed by atoms with van der Waals surface area (Å²) in [6, 6.07) is 6.01. The molecule has 112 valence electrons. The molecule has 7 nitrogen and oxygen atoms in total. The molecule has 0 radical (unpaired) electrons. The van der Waals surface area contributed by atoms with Crippen LogP contribution in [0.1, 0.15) is 5.69 Å². The standard InChI is InChI=1S/C15H17N7/c1-12-11-13-15(16-5-6-22(13)19-12)21-9-7-20(8-10-21)14-3-2-4-17-18-14/h2-6,11H,7-10H2,1H3. The van der Waals surface area contributed by atoms with Crippen molar-refractivity contribution >= 4 is 17.2 Å². The van der Waals surface area contributed by atoms with Crippen LogP contribution in [0.2, 0.25) is 0 Å². The summed E-state index contributed by atoms with van der Waals surface area (Å²) in [6.07, 6.45) is 5.40. The lowest BCUT2D eigenvalue weighted by Crippen LogP contribution is -2.47. The molecular weight excluding hydrogens is 278 g/mol. The van der Waals surface area contributed by atoms with E-state index in [1.165, 1.54) is 0 Å². The molecular formula is C15H17N7. The third-order valence-corrected chi connectivity index (χ3v) is 3.95. The molecule has 0 unspecified atom stereocenters. The third-order valence-electron chi connectivity index (χ3n) is 3.95. The normalized spacial score (nSPS) is 15.5. The van der Waals surface area contributed by atoms with Crippen molar-refractivity contribution in [3.63, 3.8) is 0 Å². The Kier molecular flexibility index (Phi) is 3.10. The van der Waals surface area contributed by atoms with E-state index < -0.39 is 0 Å². The Balaban J connectivity index is 1.56. The molecule has 4 heterocycles. The van der Waals surface area contributed by atoms with E-state index in [2.05, 4.69) is 36.1 Å². The fraction of sp³-hybridized carbons (Fsp3) is 0.333. The average Bonchev–Trinajstić information content (AvgIpc) is 2.96. The van der Waals surface area contributed by atoms with Crippen molar-refractivity contribution in [2.45, 2.75) is 6.92 Å². The second kappa shape index (κ2) is 5.25. The van der Waals surface area contributed by atoms with Crippen molar-refractivity contribution in [1.29, 1.82) is 0 Å². The molecule has 4 rings (SSSR count). The number of hydrogen-bond donors (Lipinski definition) is 0. The maximum Gasteiger partial charge on any atom is 0.154 e. The predicted octanol–water partition coefficient (Wildman–Crippen LogP) is 1.15. The number of piperazine rings is 1. The molecule has 0 aliphatic carbocycles. The molecule has 0 bridgehead atoms. The van der Waals surface area contributed by atoms with Gasteiger partial charge in [0.2, 0.25) is 0 Å². The van der Waals surface area contributed by atoms with E-state index in [9.17, 15) is 0 Å². The topological polar surface area (TPSA) is 62.5 Å². The highest BCUT2D eigenvalue weighted by Gasteiger charge is 2.21. The van der Waals surface area contributed by atoms with Crippen LogP contribution in [-0.2, 0) is 0 Å². The Morgan fingerprint density at radius 2 is 1.86 bits per heavy atom. The van der Waals surface area contributed by atoms with Crippen LogP contribution in [0.3, 0.4) is 0 Å². The molecule has 7 heteroatoms. The second-order valence-corrected chi connectivity index (χ2v) is 5.42. The van der Waals surface area contributed by atoms with Crippen LogP contribution in [0.4, 0.5) is 11.6 Å². The first-order valence-corrected chi connectivity index (χ1v) is 7.40. The summed E-state index contributed by atoms with van der Waals surface area (Å²) in [5, 5.41) is 12.6. The van der Waals surface area contributed by atoms with Gasteiger partial charge in [-0.15, -0.1) is 5.10 Å². The summed E-state index contributed by atoms with van der Waals surface area (Å²) >= 11 is 0. The lowest BCUT2D eigenvalue weighted by molar-refractivity contribution is 0.638. The van der Waals surface area contributed by atoms with Gasteiger partial charge in [-0.05, 0) is 25.1 Å². The van der Waals surface area contributed by atoms with Crippen LogP contribution < -0.4 is 9.80 Å². The first kappa shape index (κ1) is 13.0. The van der Waals surface area contributed by atoms with Crippen LogP contribution in [0.25, 0.3) is 5.52 Å². The van der Waals surface area contributed by atoms with Gasteiger partial charge in [-0.1, -0.05) is 0 Å².